The summed E-state index contributed by atoms with van der Waals surface area (Å²) in [5.74, 6) is 0. The number of hydrogen-bond donors (Lipinski definition) is 1. The Balaban J connectivity index is 0.00000112. The number of rotatable bonds is 3. The fraction of sp³-hybridized carbons (Fsp3) is 0.333. The van der Waals surface area contributed by atoms with Gasteiger partial charge in [-0.3, -0.25) is 0 Å². The van der Waals surface area contributed by atoms with Crippen molar-refractivity contribution in [2.24, 2.45) is 0 Å². The molecule has 16 heavy (non-hydrogen) atoms. The van der Waals surface area contributed by atoms with Crippen molar-refractivity contribution in [3.8, 4) is 0 Å². The second-order valence-corrected chi connectivity index (χ2v) is 3.74. The lowest BCUT2D eigenvalue weighted by Crippen LogP contribution is -1.86. The van der Waals surface area contributed by atoms with E-state index in [2.05, 4.69) is 49.4 Å². The van der Waals surface area contributed by atoms with Gasteiger partial charge in [0.05, 0.1) is 0 Å². The fourth-order valence-electron chi connectivity index (χ4n) is 1.88. The zero-order valence-corrected chi connectivity index (χ0v) is 9.37. The van der Waals surface area contributed by atoms with Crippen LogP contribution >= 0.6 is 0 Å². The van der Waals surface area contributed by atoms with E-state index in [-0.39, 0.29) is 13.6 Å². The Morgan fingerprint density at radius 1 is 0.938 bits per heavy atom. The highest BCUT2D eigenvalue weighted by Crippen LogP contribution is 2.19. The van der Waals surface area contributed by atoms with E-state index in [1.54, 1.807) is 0 Å². The van der Waals surface area contributed by atoms with Crippen LogP contribution in [-0.2, 0) is 6.42 Å². The third kappa shape index (κ3) is 3.07. The number of unbranched alkanes of at least 4 members (excludes halogenated alkanes) is 1. The quantitative estimate of drug-likeness (QED) is 0.773. The first kappa shape index (κ1) is 14.7. The molecule has 1 nitrogen and oxygen atoms in total. The van der Waals surface area contributed by atoms with Crippen LogP contribution in [0, 0.1) is 0 Å². The van der Waals surface area contributed by atoms with Crippen molar-refractivity contribution in [2.75, 3.05) is 0 Å². The molecule has 0 fully saturated rings. The highest BCUT2D eigenvalue weighted by atomic mass is 14.0. The van der Waals surface area contributed by atoms with E-state index in [1.807, 2.05) is 0 Å². The highest BCUT2D eigenvalue weighted by molar-refractivity contribution is 5.85. The molecule has 0 aliphatic heterocycles. The maximum Gasteiger partial charge on any atom is -0.0152 e. The topological polar surface area (TPSA) is 35.0 Å². The Morgan fingerprint density at radius 2 is 1.62 bits per heavy atom. The molecule has 2 aromatic carbocycles. The van der Waals surface area contributed by atoms with E-state index in [1.165, 1.54) is 35.6 Å². The first-order valence-electron chi connectivity index (χ1n) is 5.38. The first-order valence-corrected chi connectivity index (χ1v) is 5.38. The van der Waals surface area contributed by atoms with Crippen molar-refractivity contribution in [1.29, 1.82) is 0 Å². The maximum absolute atomic E-state index is 2.25. The summed E-state index contributed by atoms with van der Waals surface area (Å²) in [6, 6.07) is 15.2. The number of aryl methyl sites for hydroxylation is 1. The Morgan fingerprint density at radius 3 is 2.38 bits per heavy atom. The van der Waals surface area contributed by atoms with Crippen molar-refractivity contribution < 1.29 is 0 Å². The van der Waals surface area contributed by atoms with Gasteiger partial charge in [-0.2, -0.15) is 0 Å². The molecule has 0 aromatic heterocycles. The zero-order chi connectivity index (χ0) is 9.80. The molecule has 0 aliphatic rings. The third-order valence-corrected chi connectivity index (χ3v) is 2.68. The average molecular weight is 217 g/mol. The lowest BCUT2D eigenvalue weighted by Gasteiger charge is -2.04. The van der Waals surface area contributed by atoms with Gasteiger partial charge in [0.1, 0.15) is 0 Å². The molecule has 0 saturated carbocycles. The molecule has 2 aromatic rings. The van der Waals surface area contributed by atoms with Gasteiger partial charge in [0.25, 0.3) is 0 Å². The molecular weight excluding hydrogens is 194 g/mol. The van der Waals surface area contributed by atoms with Crippen molar-refractivity contribution >= 4 is 10.8 Å². The van der Waals surface area contributed by atoms with Gasteiger partial charge in [0.15, 0.2) is 0 Å². The van der Waals surface area contributed by atoms with Crippen LogP contribution in [0.25, 0.3) is 10.8 Å². The minimum Gasteiger partial charge on any atom is -0.344 e. The Hall–Kier alpha value is -1.34. The van der Waals surface area contributed by atoms with Gasteiger partial charge >= 0.3 is 0 Å². The Bertz CT molecular complexity index is 415. The Kier molecular flexibility index (Phi) is 6.43. The highest BCUT2D eigenvalue weighted by Gasteiger charge is 1.98. The molecule has 1 heteroatoms. The lowest BCUT2D eigenvalue weighted by molar-refractivity contribution is 0.799. The second kappa shape index (κ2) is 7.02. The van der Waals surface area contributed by atoms with Crippen LogP contribution in [0.15, 0.2) is 42.5 Å². The van der Waals surface area contributed by atoms with E-state index in [9.17, 15) is 0 Å². The van der Waals surface area contributed by atoms with Crippen molar-refractivity contribution in [3.05, 3.63) is 48.0 Å². The molecule has 0 atom stereocenters. The molecule has 0 heterocycles. The van der Waals surface area contributed by atoms with Crippen molar-refractivity contribution in [3.63, 3.8) is 0 Å². The van der Waals surface area contributed by atoms with E-state index >= 15 is 0 Å². The largest absolute Gasteiger partial charge is 0.344 e. The molecule has 88 valence electrons. The molecule has 0 amide bonds. The normalized spacial score (nSPS) is 9.31. The predicted molar refractivity (Wildman–Crippen MR) is 74.3 cm³/mol. The van der Waals surface area contributed by atoms with E-state index < -0.39 is 0 Å². The smallest absolute Gasteiger partial charge is 0.0152 e. The van der Waals surface area contributed by atoms with E-state index in [4.69, 9.17) is 0 Å². The molecule has 0 aliphatic carbocycles. The molecule has 0 unspecified atom stereocenters. The standard InChI is InChI=1S/C14H16.CH4.H3N/c1-2-3-7-12-9-6-10-13-8-4-5-11-14(12)13;;/h4-6,8-11H,2-3,7H2,1H3;1H4;1H3. The Labute approximate surface area is 99.1 Å². The first-order chi connectivity index (χ1) is 6.92. The SMILES string of the molecule is C.CCCCc1cccc2ccccc12.N. The van der Waals surface area contributed by atoms with Crippen LogP contribution in [0.4, 0.5) is 0 Å². The lowest BCUT2D eigenvalue weighted by atomic mass is 10.0. The summed E-state index contributed by atoms with van der Waals surface area (Å²) in [5, 5.41) is 2.78. The monoisotopic (exact) mass is 217 g/mol. The molecule has 0 bridgehead atoms. The summed E-state index contributed by atoms with van der Waals surface area (Å²) in [4.78, 5) is 0. The maximum atomic E-state index is 2.25. The van der Waals surface area contributed by atoms with Gasteiger partial charge < -0.3 is 6.15 Å². The zero-order valence-electron chi connectivity index (χ0n) is 9.37. The van der Waals surface area contributed by atoms with E-state index in [0.29, 0.717) is 0 Å². The van der Waals surface area contributed by atoms with Crippen molar-refractivity contribution in [1.82, 2.24) is 6.15 Å². The van der Waals surface area contributed by atoms with Crippen molar-refractivity contribution in [2.45, 2.75) is 33.6 Å². The van der Waals surface area contributed by atoms with E-state index in [0.717, 1.165) is 0 Å². The van der Waals surface area contributed by atoms with Gasteiger partial charge in [0.2, 0.25) is 0 Å². The van der Waals surface area contributed by atoms with Crippen LogP contribution < -0.4 is 6.15 Å². The molecule has 0 saturated heterocycles. The second-order valence-electron chi connectivity index (χ2n) is 3.74. The number of fused-ring (bicyclic) bond motifs is 1. The number of hydrogen-bond acceptors (Lipinski definition) is 1. The number of benzene rings is 2. The molecule has 2 rings (SSSR count). The molecule has 0 radical (unpaired) electrons. The molecule has 0 spiro atoms. The third-order valence-electron chi connectivity index (χ3n) is 2.68. The summed E-state index contributed by atoms with van der Waals surface area (Å²) in [6.07, 6.45) is 3.76. The predicted octanol–water partition coefficient (Wildman–Crippen LogP) is 4.98. The van der Waals surface area contributed by atoms with Crippen LogP contribution in [0.1, 0.15) is 32.8 Å². The summed E-state index contributed by atoms with van der Waals surface area (Å²) in [5.41, 5.74) is 1.49. The summed E-state index contributed by atoms with van der Waals surface area (Å²) < 4.78 is 0. The fourth-order valence-corrected chi connectivity index (χ4v) is 1.88. The van der Waals surface area contributed by atoms with Crippen LogP contribution in [0.3, 0.4) is 0 Å². The minimum atomic E-state index is 0. The van der Waals surface area contributed by atoms with Crippen LogP contribution in [-0.4, -0.2) is 0 Å². The minimum absolute atomic E-state index is 0. The van der Waals surface area contributed by atoms with Gasteiger partial charge in [-0.05, 0) is 29.2 Å². The average Bonchev–Trinajstić information content (AvgIpc) is 2.26. The van der Waals surface area contributed by atoms with Crippen LogP contribution in [0.5, 0.6) is 0 Å². The van der Waals surface area contributed by atoms with Gasteiger partial charge in [-0.25, -0.2) is 0 Å². The summed E-state index contributed by atoms with van der Waals surface area (Å²) in [6.45, 7) is 2.24. The molecule has 3 N–H and O–H groups in total. The van der Waals surface area contributed by atoms with Gasteiger partial charge in [-0.1, -0.05) is 63.2 Å². The van der Waals surface area contributed by atoms with Gasteiger partial charge in [0, 0.05) is 0 Å². The molecular formula is C15H23N. The van der Waals surface area contributed by atoms with Gasteiger partial charge in [-0.15, -0.1) is 0 Å². The summed E-state index contributed by atoms with van der Waals surface area (Å²) >= 11 is 0. The van der Waals surface area contributed by atoms with Crippen LogP contribution in [0.2, 0.25) is 0 Å². The summed E-state index contributed by atoms with van der Waals surface area (Å²) in [7, 11) is 0.